The fourth-order valence-corrected chi connectivity index (χ4v) is 2.68. The molecular formula is C18H19N3O4. The number of aliphatic hydroxyl groups is 1. The number of rotatable bonds is 6. The van der Waals surface area contributed by atoms with Gasteiger partial charge in [0.2, 0.25) is 5.91 Å². The van der Waals surface area contributed by atoms with E-state index in [0.717, 1.165) is 5.56 Å². The Morgan fingerprint density at radius 2 is 2.20 bits per heavy atom. The van der Waals surface area contributed by atoms with E-state index in [4.69, 9.17) is 4.42 Å². The number of benzene rings is 1. The topological polar surface area (TPSA) is 97.4 Å². The molecule has 130 valence electrons. The molecule has 7 nitrogen and oxygen atoms in total. The summed E-state index contributed by atoms with van der Waals surface area (Å²) in [5.74, 6) is 0.197. The van der Waals surface area contributed by atoms with Crippen LogP contribution in [0.3, 0.4) is 0 Å². The first-order valence-electron chi connectivity index (χ1n) is 7.98. The molecule has 1 amide bonds. The zero-order chi connectivity index (χ0) is 17.8. The molecule has 3 aromatic rings. The van der Waals surface area contributed by atoms with Gasteiger partial charge in [-0.05, 0) is 30.7 Å². The maximum absolute atomic E-state index is 12.5. The number of aryl methyl sites for hydroxylation is 2. The van der Waals surface area contributed by atoms with Crippen LogP contribution in [0.25, 0.3) is 10.9 Å². The lowest BCUT2D eigenvalue weighted by Gasteiger charge is -2.14. The molecule has 0 saturated heterocycles. The van der Waals surface area contributed by atoms with E-state index in [1.54, 1.807) is 18.2 Å². The van der Waals surface area contributed by atoms with E-state index in [9.17, 15) is 14.7 Å². The summed E-state index contributed by atoms with van der Waals surface area (Å²) in [5, 5.41) is 12.6. The van der Waals surface area contributed by atoms with Gasteiger partial charge in [0.1, 0.15) is 11.8 Å². The molecule has 1 unspecified atom stereocenters. The highest BCUT2D eigenvalue weighted by Crippen LogP contribution is 2.13. The van der Waals surface area contributed by atoms with Gasteiger partial charge in [0.25, 0.3) is 5.56 Å². The Bertz CT molecular complexity index is 931. The Hall–Kier alpha value is -2.93. The predicted octanol–water partition coefficient (Wildman–Crippen LogP) is 1.54. The minimum absolute atomic E-state index is 0.0934. The van der Waals surface area contributed by atoms with Gasteiger partial charge in [0.15, 0.2) is 0 Å². The average Bonchev–Trinajstić information content (AvgIpc) is 3.14. The largest absolute Gasteiger partial charge is 0.467 e. The Balaban J connectivity index is 1.69. The molecule has 0 spiro atoms. The second-order valence-electron chi connectivity index (χ2n) is 5.78. The maximum atomic E-state index is 12.5. The number of hydrogen-bond donors (Lipinski definition) is 2. The van der Waals surface area contributed by atoms with E-state index in [1.165, 1.54) is 17.2 Å². The summed E-state index contributed by atoms with van der Waals surface area (Å²) in [6.07, 6.45) is 3.03. The average molecular weight is 341 g/mol. The number of nitrogens with zero attached hydrogens (tertiary/aromatic N) is 2. The number of furan rings is 1. The summed E-state index contributed by atoms with van der Waals surface area (Å²) in [6.45, 7) is 1.84. The predicted molar refractivity (Wildman–Crippen MR) is 92.0 cm³/mol. The number of hydrogen-bond acceptors (Lipinski definition) is 5. The molecular weight excluding hydrogens is 322 g/mol. The molecule has 7 heteroatoms. The molecule has 1 aromatic carbocycles. The fraction of sp³-hybridized carbons (Fsp3) is 0.278. The summed E-state index contributed by atoms with van der Waals surface area (Å²) in [7, 11) is 0. The molecule has 2 N–H and O–H groups in total. The van der Waals surface area contributed by atoms with Gasteiger partial charge in [-0.3, -0.25) is 14.2 Å². The van der Waals surface area contributed by atoms with Crippen LogP contribution in [0, 0.1) is 6.92 Å². The number of fused-ring (bicyclic) bond motifs is 1. The first kappa shape index (κ1) is 16.9. The molecule has 0 aliphatic rings. The van der Waals surface area contributed by atoms with Crippen molar-refractivity contribution in [3.05, 3.63) is 64.6 Å². The number of nitrogens with one attached hydrogen (secondary N) is 1. The first-order valence-corrected chi connectivity index (χ1v) is 7.98. The van der Waals surface area contributed by atoms with Crippen molar-refractivity contribution in [1.29, 1.82) is 0 Å². The molecule has 2 heterocycles. The Kier molecular flexibility index (Phi) is 4.95. The van der Waals surface area contributed by atoms with Crippen molar-refractivity contribution < 1.29 is 14.3 Å². The third-order valence-electron chi connectivity index (χ3n) is 4.04. The van der Waals surface area contributed by atoms with E-state index < -0.39 is 6.04 Å². The molecule has 2 aromatic heterocycles. The molecule has 3 rings (SSSR count). The number of carbonyl (C=O) groups is 1. The Morgan fingerprint density at radius 3 is 2.92 bits per heavy atom. The molecule has 25 heavy (non-hydrogen) atoms. The number of carbonyl (C=O) groups excluding carboxylic acids is 1. The van der Waals surface area contributed by atoms with Crippen LogP contribution in [0.2, 0.25) is 0 Å². The second-order valence-corrected chi connectivity index (χ2v) is 5.78. The Labute approximate surface area is 143 Å². The van der Waals surface area contributed by atoms with Gasteiger partial charge in [-0.1, -0.05) is 12.1 Å². The number of aliphatic hydroxyl groups excluding tert-OH is 1. The minimum Gasteiger partial charge on any atom is -0.467 e. The van der Waals surface area contributed by atoms with E-state index in [0.29, 0.717) is 16.7 Å². The van der Waals surface area contributed by atoms with Crippen LogP contribution >= 0.6 is 0 Å². The lowest BCUT2D eigenvalue weighted by atomic mass is 10.1. The highest BCUT2D eigenvalue weighted by Gasteiger charge is 2.16. The second kappa shape index (κ2) is 7.31. The van der Waals surface area contributed by atoms with Crippen molar-refractivity contribution in [3.8, 4) is 0 Å². The van der Waals surface area contributed by atoms with Gasteiger partial charge in [0, 0.05) is 13.0 Å². The minimum atomic E-state index is -0.600. The van der Waals surface area contributed by atoms with Crippen LogP contribution < -0.4 is 10.9 Å². The highest BCUT2D eigenvalue weighted by atomic mass is 16.3. The van der Waals surface area contributed by atoms with Gasteiger partial charge in [-0.25, -0.2) is 4.98 Å². The molecule has 0 saturated carbocycles. The summed E-state index contributed by atoms with van der Waals surface area (Å²) in [6, 6.07) is 8.21. The van der Waals surface area contributed by atoms with Crippen LogP contribution in [0.4, 0.5) is 0 Å². The van der Waals surface area contributed by atoms with Crippen molar-refractivity contribution in [2.75, 3.05) is 6.61 Å². The third kappa shape index (κ3) is 3.61. The van der Waals surface area contributed by atoms with Crippen molar-refractivity contribution in [1.82, 2.24) is 14.9 Å². The zero-order valence-corrected chi connectivity index (χ0v) is 13.8. The summed E-state index contributed by atoms with van der Waals surface area (Å²) < 4.78 is 6.61. The van der Waals surface area contributed by atoms with Gasteiger partial charge in [-0.15, -0.1) is 0 Å². The fourth-order valence-electron chi connectivity index (χ4n) is 2.68. The van der Waals surface area contributed by atoms with Crippen LogP contribution in [-0.4, -0.2) is 27.2 Å². The van der Waals surface area contributed by atoms with Gasteiger partial charge in [-0.2, -0.15) is 0 Å². The molecule has 0 aliphatic heterocycles. The molecule has 1 atom stereocenters. The number of para-hydroxylation sites is 1. The normalized spacial score (nSPS) is 12.2. The third-order valence-corrected chi connectivity index (χ3v) is 4.04. The molecule has 0 fully saturated rings. The Morgan fingerprint density at radius 1 is 1.36 bits per heavy atom. The smallest absolute Gasteiger partial charge is 0.261 e. The number of aromatic nitrogens is 2. The van der Waals surface area contributed by atoms with E-state index in [2.05, 4.69) is 10.3 Å². The van der Waals surface area contributed by atoms with Gasteiger partial charge < -0.3 is 14.8 Å². The summed E-state index contributed by atoms with van der Waals surface area (Å²) in [4.78, 5) is 28.9. The summed E-state index contributed by atoms with van der Waals surface area (Å²) >= 11 is 0. The van der Waals surface area contributed by atoms with Crippen molar-refractivity contribution in [2.24, 2.45) is 0 Å². The van der Waals surface area contributed by atoms with Gasteiger partial charge in [0.05, 0.1) is 30.1 Å². The van der Waals surface area contributed by atoms with Crippen LogP contribution in [0.15, 0.2) is 52.1 Å². The van der Waals surface area contributed by atoms with Gasteiger partial charge >= 0.3 is 0 Å². The lowest BCUT2D eigenvalue weighted by molar-refractivity contribution is -0.122. The molecule has 0 bridgehead atoms. The van der Waals surface area contributed by atoms with E-state index in [-0.39, 0.29) is 31.0 Å². The van der Waals surface area contributed by atoms with Crippen LogP contribution in [-0.2, 0) is 11.3 Å². The van der Waals surface area contributed by atoms with Crippen molar-refractivity contribution >= 4 is 16.8 Å². The molecule has 0 aliphatic carbocycles. The highest BCUT2D eigenvalue weighted by molar-refractivity contribution is 5.80. The molecule has 0 radical (unpaired) electrons. The summed E-state index contributed by atoms with van der Waals surface area (Å²) in [5.41, 5.74) is 1.43. The van der Waals surface area contributed by atoms with Crippen molar-refractivity contribution in [3.63, 3.8) is 0 Å². The quantitative estimate of drug-likeness (QED) is 0.709. The monoisotopic (exact) mass is 341 g/mol. The number of amides is 1. The SMILES string of the molecule is Cc1cccc2c(=O)n(CCC(=O)NC(CO)c3ccco3)cnc12. The maximum Gasteiger partial charge on any atom is 0.261 e. The lowest BCUT2D eigenvalue weighted by Crippen LogP contribution is -2.32. The van der Waals surface area contributed by atoms with Crippen molar-refractivity contribution in [2.45, 2.75) is 25.9 Å². The van der Waals surface area contributed by atoms with E-state index >= 15 is 0 Å². The van der Waals surface area contributed by atoms with Crippen LogP contribution in [0.5, 0.6) is 0 Å². The zero-order valence-electron chi connectivity index (χ0n) is 13.8. The van der Waals surface area contributed by atoms with Crippen LogP contribution in [0.1, 0.15) is 23.8 Å². The standard InChI is InChI=1S/C18H19N3O4/c1-12-4-2-5-13-17(12)19-11-21(18(13)24)8-7-16(23)20-14(10-22)15-6-3-9-25-15/h2-6,9,11,14,22H,7-8,10H2,1H3,(H,20,23). The van der Waals surface area contributed by atoms with E-state index in [1.807, 2.05) is 19.1 Å². The first-order chi connectivity index (χ1) is 12.1.